The molecule has 0 aliphatic rings. The van der Waals surface area contributed by atoms with Crippen molar-refractivity contribution in [2.75, 3.05) is 0 Å². The van der Waals surface area contributed by atoms with Crippen LogP contribution in [0.15, 0.2) is 60.7 Å². The van der Waals surface area contributed by atoms with Crippen molar-refractivity contribution in [1.82, 2.24) is 10.6 Å². The summed E-state index contributed by atoms with van der Waals surface area (Å²) in [7, 11) is 0. The van der Waals surface area contributed by atoms with Crippen LogP contribution in [0.1, 0.15) is 50.7 Å². The van der Waals surface area contributed by atoms with Gasteiger partial charge in [-0.2, -0.15) is 0 Å². The zero-order valence-electron chi connectivity index (χ0n) is 24.1. The summed E-state index contributed by atoms with van der Waals surface area (Å²) in [6.45, 7) is 3.35. The lowest BCUT2D eigenvalue weighted by Crippen LogP contribution is -2.68. The average molecular weight is 599 g/mol. The number of Topliss-reactive ketones (excluding diaryl/α,β-unsaturated/α-hetero) is 3. The number of alkyl carbamates (subject to hydrolysis) is 2. The molecule has 2 rings (SSSR count). The van der Waals surface area contributed by atoms with Crippen LogP contribution in [0.4, 0.5) is 9.59 Å². The Kier molecular flexibility index (Phi) is 13.5. The second-order valence-electron chi connectivity index (χ2n) is 10.4. The predicted octanol–water partition coefficient (Wildman–Crippen LogP) is 2.20. The van der Waals surface area contributed by atoms with Crippen LogP contribution in [0.3, 0.4) is 0 Å². The molecule has 13 heteroatoms. The number of carbonyl (C=O) groups is 6. The molecule has 43 heavy (non-hydrogen) atoms. The molecular formula is C30H38N4O9. The van der Waals surface area contributed by atoms with Crippen molar-refractivity contribution in [3.8, 4) is 0 Å². The highest BCUT2D eigenvalue weighted by molar-refractivity contribution is 6.18. The third-order valence-electron chi connectivity index (χ3n) is 6.27. The van der Waals surface area contributed by atoms with E-state index in [1.807, 2.05) is 0 Å². The third kappa shape index (κ3) is 12.0. The van der Waals surface area contributed by atoms with Gasteiger partial charge in [0.15, 0.2) is 23.0 Å². The molecule has 2 aromatic rings. The topological polar surface area (TPSA) is 217 Å². The zero-order chi connectivity index (χ0) is 32.0. The fourth-order valence-electron chi connectivity index (χ4n) is 3.95. The molecule has 0 heterocycles. The van der Waals surface area contributed by atoms with E-state index in [0.717, 1.165) is 0 Å². The fraction of sp³-hybridized carbons (Fsp3) is 0.400. The highest BCUT2D eigenvalue weighted by Crippen LogP contribution is 2.14. The largest absolute Gasteiger partial charge is 0.481 e. The van der Waals surface area contributed by atoms with E-state index in [4.69, 9.17) is 26.0 Å². The second-order valence-corrected chi connectivity index (χ2v) is 10.4. The number of nitrogens with two attached hydrogens (primary N) is 2. The molecule has 2 amide bonds. The first-order chi connectivity index (χ1) is 20.3. The molecule has 0 unspecified atom stereocenters. The number of ketones is 3. The van der Waals surface area contributed by atoms with Crippen LogP contribution < -0.4 is 22.1 Å². The zero-order valence-corrected chi connectivity index (χ0v) is 24.1. The molecule has 13 nitrogen and oxygen atoms in total. The first-order valence-electron chi connectivity index (χ1n) is 13.6. The Hall–Kier alpha value is -4.62. The molecule has 0 saturated heterocycles. The Morgan fingerprint density at radius 2 is 1.26 bits per heavy atom. The lowest BCUT2D eigenvalue weighted by atomic mass is 9.88. The number of carbonyl (C=O) groups excluding carboxylic acids is 5. The molecule has 0 bridgehead atoms. The van der Waals surface area contributed by atoms with Crippen molar-refractivity contribution < 1.29 is 43.3 Å². The van der Waals surface area contributed by atoms with Crippen molar-refractivity contribution in [3.05, 3.63) is 71.8 Å². The van der Waals surface area contributed by atoms with Gasteiger partial charge >= 0.3 is 18.2 Å². The first-order valence-corrected chi connectivity index (χ1v) is 13.6. The second kappa shape index (κ2) is 16.7. The summed E-state index contributed by atoms with van der Waals surface area (Å²) < 4.78 is 10.3. The Labute approximate surface area is 249 Å². The number of nitrogens with one attached hydrogen (secondary N) is 2. The van der Waals surface area contributed by atoms with Gasteiger partial charge in [-0.3, -0.25) is 19.2 Å². The summed E-state index contributed by atoms with van der Waals surface area (Å²) in [6.07, 6.45) is -3.75. The van der Waals surface area contributed by atoms with E-state index in [9.17, 15) is 28.8 Å². The normalized spacial score (nSPS) is 12.5. The number of ether oxygens (including phenoxy) is 2. The van der Waals surface area contributed by atoms with Gasteiger partial charge in [0, 0.05) is 6.42 Å². The number of rotatable bonds is 17. The average Bonchev–Trinajstić information content (AvgIpc) is 2.97. The van der Waals surface area contributed by atoms with E-state index in [0.29, 0.717) is 11.1 Å². The molecule has 232 valence electrons. The smallest absolute Gasteiger partial charge is 0.408 e. The van der Waals surface area contributed by atoms with Crippen LogP contribution in [0.2, 0.25) is 0 Å². The first kappa shape index (κ1) is 34.6. The molecule has 0 aliphatic carbocycles. The van der Waals surface area contributed by atoms with Gasteiger partial charge in [-0.1, -0.05) is 74.5 Å². The number of aliphatic carboxylic acids is 1. The molecular weight excluding hydrogens is 560 g/mol. The quantitative estimate of drug-likeness (QED) is 0.131. The predicted molar refractivity (Wildman–Crippen MR) is 154 cm³/mol. The molecule has 0 aromatic heterocycles. The summed E-state index contributed by atoms with van der Waals surface area (Å²) in [5, 5.41) is 13.7. The molecule has 0 fully saturated rings. The van der Waals surface area contributed by atoms with Gasteiger partial charge < -0.3 is 36.7 Å². The van der Waals surface area contributed by atoms with Gasteiger partial charge in [0.25, 0.3) is 0 Å². The Morgan fingerprint density at radius 3 is 1.70 bits per heavy atom. The monoisotopic (exact) mass is 598 g/mol. The lowest BCUT2D eigenvalue weighted by Gasteiger charge is -2.28. The van der Waals surface area contributed by atoms with Crippen LogP contribution in [0.5, 0.6) is 0 Å². The molecule has 7 N–H and O–H groups in total. The summed E-state index contributed by atoms with van der Waals surface area (Å²) in [4.78, 5) is 75.2. The molecule has 0 spiro atoms. The van der Waals surface area contributed by atoms with Gasteiger partial charge in [0.05, 0.1) is 18.5 Å². The minimum Gasteiger partial charge on any atom is -0.481 e. The van der Waals surface area contributed by atoms with Crippen molar-refractivity contribution in [1.29, 1.82) is 0 Å². The van der Waals surface area contributed by atoms with Crippen LogP contribution in [0.25, 0.3) is 0 Å². The van der Waals surface area contributed by atoms with Crippen LogP contribution in [0, 0.1) is 5.92 Å². The molecule has 0 aliphatic heterocycles. The minimum atomic E-state index is -2.69. The van der Waals surface area contributed by atoms with Gasteiger partial charge in [-0.25, -0.2) is 9.59 Å². The Balaban J connectivity index is 2.06. The SMILES string of the molecule is CC(C)C[C@H](NC(=O)OCc1ccccc1)C(=O)C(N)(N)C(=O)CC(=O)[C@H](CCC(=O)O)NC(=O)OCc1ccccc1. The fourth-order valence-corrected chi connectivity index (χ4v) is 3.95. The number of carboxylic acids is 1. The number of hydrogen-bond acceptors (Lipinski definition) is 10. The highest BCUT2D eigenvalue weighted by Gasteiger charge is 2.43. The number of carboxylic acid groups (broad SMARTS) is 1. The molecule has 2 atom stereocenters. The van der Waals surface area contributed by atoms with Gasteiger partial charge in [0.1, 0.15) is 13.2 Å². The number of hydrogen-bond donors (Lipinski definition) is 5. The van der Waals surface area contributed by atoms with E-state index in [2.05, 4.69) is 10.6 Å². The van der Waals surface area contributed by atoms with Gasteiger partial charge in [-0.15, -0.1) is 0 Å². The van der Waals surface area contributed by atoms with Crippen molar-refractivity contribution in [2.24, 2.45) is 17.4 Å². The minimum absolute atomic E-state index is 0.0622. The summed E-state index contributed by atoms with van der Waals surface area (Å²) >= 11 is 0. The number of benzene rings is 2. The maximum absolute atomic E-state index is 13.3. The maximum Gasteiger partial charge on any atom is 0.408 e. The molecule has 0 radical (unpaired) electrons. The third-order valence-corrected chi connectivity index (χ3v) is 6.27. The Bertz CT molecular complexity index is 1270. The molecule has 0 saturated carbocycles. The van der Waals surface area contributed by atoms with E-state index in [1.165, 1.54) is 0 Å². The van der Waals surface area contributed by atoms with Crippen LogP contribution in [-0.4, -0.2) is 58.4 Å². The summed E-state index contributed by atoms with van der Waals surface area (Å²) in [5.41, 5.74) is 10.6. The summed E-state index contributed by atoms with van der Waals surface area (Å²) in [5.74, 6) is -4.54. The van der Waals surface area contributed by atoms with Crippen LogP contribution >= 0.6 is 0 Å². The highest BCUT2D eigenvalue weighted by atomic mass is 16.6. The molecule has 2 aromatic carbocycles. The number of amides is 2. The van der Waals surface area contributed by atoms with Crippen LogP contribution in [-0.2, 0) is 41.9 Å². The Morgan fingerprint density at radius 1 is 0.791 bits per heavy atom. The lowest BCUT2D eigenvalue weighted by molar-refractivity contribution is -0.138. The standard InChI is InChI=1S/C30H38N4O9/c1-19(2)15-23(34-29(41)43-18-21-11-7-4-8-12-21)27(39)30(31,32)25(36)16-24(35)22(13-14-26(37)38)33-28(40)42-17-20-9-5-3-6-10-20/h3-12,19,22-23H,13-18,31-32H2,1-2H3,(H,33,40)(H,34,41)(H,37,38)/t22-,23-/m0/s1. The van der Waals surface area contributed by atoms with Gasteiger partial charge in [0.2, 0.25) is 0 Å². The summed E-state index contributed by atoms with van der Waals surface area (Å²) in [6, 6.07) is 14.7. The van der Waals surface area contributed by atoms with E-state index in [-0.39, 0.29) is 32.0 Å². The van der Waals surface area contributed by atoms with Crippen molar-refractivity contribution >= 4 is 35.5 Å². The van der Waals surface area contributed by atoms with E-state index in [1.54, 1.807) is 74.5 Å². The van der Waals surface area contributed by atoms with E-state index < -0.39 is 66.1 Å². The van der Waals surface area contributed by atoms with Crippen molar-refractivity contribution in [3.63, 3.8) is 0 Å². The van der Waals surface area contributed by atoms with Crippen molar-refractivity contribution in [2.45, 2.75) is 70.5 Å². The maximum atomic E-state index is 13.3. The van der Waals surface area contributed by atoms with Gasteiger partial charge in [-0.05, 0) is 29.9 Å². The van der Waals surface area contributed by atoms with E-state index >= 15 is 0 Å².